The van der Waals surface area contributed by atoms with Crippen molar-refractivity contribution < 1.29 is 9.53 Å². The highest BCUT2D eigenvalue weighted by Gasteiger charge is 2.14. The maximum absolute atomic E-state index is 12.9. The van der Waals surface area contributed by atoms with Crippen LogP contribution in [-0.4, -0.2) is 17.6 Å². The molecule has 0 saturated heterocycles. The molecule has 0 radical (unpaired) electrons. The number of thiazole rings is 1. The van der Waals surface area contributed by atoms with E-state index in [-0.39, 0.29) is 5.91 Å². The van der Waals surface area contributed by atoms with E-state index in [4.69, 9.17) is 4.74 Å². The van der Waals surface area contributed by atoms with E-state index in [1.807, 2.05) is 48.0 Å². The van der Waals surface area contributed by atoms with Gasteiger partial charge in [0.25, 0.3) is 5.91 Å². The van der Waals surface area contributed by atoms with Crippen LogP contribution in [0.5, 0.6) is 5.75 Å². The molecule has 0 unspecified atom stereocenters. The summed E-state index contributed by atoms with van der Waals surface area (Å²) in [4.78, 5) is 17.9. The summed E-state index contributed by atoms with van der Waals surface area (Å²) in [5.41, 5.74) is 2.73. The van der Waals surface area contributed by atoms with Gasteiger partial charge in [0.2, 0.25) is 0 Å². The maximum atomic E-state index is 12.9. The van der Waals surface area contributed by atoms with Gasteiger partial charge in [0.05, 0.1) is 22.9 Å². The zero-order chi connectivity index (χ0) is 18.3. The molecule has 0 fully saturated rings. The van der Waals surface area contributed by atoms with E-state index in [9.17, 15) is 4.79 Å². The third-order valence-electron chi connectivity index (χ3n) is 4.46. The third kappa shape index (κ3) is 2.80. The van der Waals surface area contributed by atoms with Crippen LogP contribution >= 0.6 is 11.3 Å². The van der Waals surface area contributed by atoms with Gasteiger partial charge in [-0.25, -0.2) is 0 Å². The molecule has 1 amide bonds. The Morgan fingerprint density at radius 1 is 1.08 bits per heavy atom. The van der Waals surface area contributed by atoms with Crippen LogP contribution in [0.2, 0.25) is 0 Å². The molecule has 0 bridgehead atoms. The minimum absolute atomic E-state index is 0.300. The van der Waals surface area contributed by atoms with Crippen molar-refractivity contribution in [3.8, 4) is 5.75 Å². The predicted molar refractivity (Wildman–Crippen MR) is 106 cm³/mol. The highest BCUT2D eigenvalue weighted by atomic mass is 32.1. The van der Waals surface area contributed by atoms with Crippen LogP contribution in [0, 0.1) is 6.92 Å². The summed E-state index contributed by atoms with van der Waals surface area (Å²) in [6, 6.07) is 17.9. The van der Waals surface area contributed by atoms with Crippen molar-refractivity contribution in [2.24, 2.45) is 12.0 Å². The van der Waals surface area contributed by atoms with Crippen molar-refractivity contribution >= 4 is 38.2 Å². The highest BCUT2D eigenvalue weighted by molar-refractivity contribution is 7.16. The number of aromatic nitrogens is 1. The number of methoxy groups -OCH3 is 1. The zero-order valence-corrected chi connectivity index (χ0v) is 15.6. The molecular formula is C21H18N2O2S. The van der Waals surface area contributed by atoms with Gasteiger partial charge in [-0.1, -0.05) is 41.7 Å². The van der Waals surface area contributed by atoms with Crippen LogP contribution in [-0.2, 0) is 7.05 Å². The van der Waals surface area contributed by atoms with Crippen molar-refractivity contribution in [3.63, 3.8) is 0 Å². The van der Waals surface area contributed by atoms with Gasteiger partial charge in [0.15, 0.2) is 4.80 Å². The molecule has 0 aliphatic carbocycles. The average molecular weight is 362 g/mol. The number of rotatable bonds is 2. The molecule has 26 heavy (non-hydrogen) atoms. The molecule has 5 heteroatoms. The van der Waals surface area contributed by atoms with E-state index in [1.165, 1.54) is 16.9 Å². The SMILES string of the molecule is COc1cc2ccccc2cc1C(=O)N=c1sc2cc(C)ccc2n1C. The summed E-state index contributed by atoms with van der Waals surface area (Å²) < 4.78 is 8.50. The molecular weight excluding hydrogens is 344 g/mol. The number of hydrogen-bond donors (Lipinski definition) is 0. The molecule has 130 valence electrons. The van der Waals surface area contributed by atoms with Crippen LogP contribution in [0.1, 0.15) is 15.9 Å². The number of nitrogens with zero attached hydrogens (tertiary/aromatic N) is 2. The van der Waals surface area contributed by atoms with E-state index >= 15 is 0 Å². The first kappa shape index (κ1) is 16.5. The fraction of sp³-hybridized carbons (Fsp3) is 0.143. The minimum atomic E-state index is -0.300. The lowest BCUT2D eigenvalue weighted by Crippen LogP contribution is -2.13. The molecule has 0 aliphatic rings. The van der Waals surface area contributed by atoms with Crippen molar-refractivity contribution in [2.75, 3.05) is 7.11 Å². The first-order valence-corrected chi connectivity index (χ1v) is 9.10. The van der Waals surface area contributed by atoms with E-state index in [1.54, 1.807) is 7.11 Å². The van der Waals surface area contributed by atoms with Gasteiger partial charge in [-0.2, -0.15) is 4.99 Å². The lowest BCUT2D eigenvalue weighted by atomic mass is 10.1. The number of fused-ring (bicyclic) bond motifs is 2. The Bertz CT molecular complexity index is 1220. The standard InChI is InChI=1S/C21H18N2O2S/c1-13-8-9-17-19(10-13)26-21(23(17)2)22-20(24)16-11-14-6-4-5-7-15(14)12-18(16)25-3/h4-12H,1-3H3. The monoisotopic (exact) mass is 362 g/mol. The molecule has 1 heterocycles. The van der Waals surface area contributed by atoms with Gasteiger partial charge >= 0.3 is 0 Å². The molecule has 0 aliphatic heterocycles. The number of amides is 1. The Kier molecular flexibility index (Phi) is 4.09. The second-order valence-electron chi connectivity index (χ2n) is 6.23. The summed E-state index contributed by atoms with van der Waals surface area (Å²) in [6.07, 6.45) is 0. The van der Waals surface area contributed by atoms with Gasteiger partial charge in [-0.3, -0.25) is 4.79 Å². The van der Waals surface area contributed by atoms with Gasteiger partial charge in [0.1, 0.15) is 5.75 Å². The second-order valence-corrected chi connectivity index (χ2v) is 7.24. The number of benzene rings is 3. The largest absolute Gasteiger partial charge is 0.496 e. The first-order chi connectivity index (χ1) is 12.6. The highest BCUT2D eigenvalue weighted by Crippen LogP contribution is 2.26. The average Bonchev–Trinajstić information content (AvgIpc) is 2.95. The van der Waals surface area contributed by atoms with E-state index in [2.05, 4.69) is 30.1 Å². The molecule has 4 nitrogen and oxygen atoms in total. The summed E-state index contributed by atoms with van der Waals surface area (Å²) in [5, 5.41) is 2.02. The fourth-order valence-electron chi connectivity index (χ4n) is 3.05. The normalized spacial score (nSPS) is 12.0. The lowest BCUT2D eigenvalue weighted by molar-refractivity contribution is 0.0995. The molecule has 4 rings (SSSR count). The van der Waals surface area contributed by atoms with Crippen molar-refractivity contribution in [1.82, 2.24) is 4.57 Å². The van der Waals surface area contributed by atoms with E-state index < -0.39 is 0 Å². The molecule has 0 atom stereocenters. The topological polar surface area (TPSA) is 43.6 Å². The number of hydrogen-bond acceptors (Lipinski definition) is 3. The Labute approximate surface area is 155 Å². The van der Waals surface area contributed by atoms with Crippen molar-refractivity contribution in [2.45, 2.75) is 6.92 Å². The van der Waals surface area contributed by atoms with Gasteiger partial charge in [-0.15, -0.1) is 0 Å². The maximum Gasteiger partial charge on any atom is 0.283 e. The minimum Gasteiger partial charge on any atom is -0.496 e. The third-order valence-corrected chi connectivity index (χ3v) is 5.55. The smallest absolute Gasteiger partial charge is 0.283 e. The van der Waals surface area contributed by atoms with E-state index in [0.717, 1.165) is 21.0 Å². The van der Waals surface area contributed by atoms with Crippen LogP contribution in [0.25, 0.3) is 21.0 Å². The quantitative estimate of drug-likeness (QED) is 0.529. The molecule has 1 aromatic heterocycles. The van der Waals surface area contributed by atoms with Crippen LogP contribution in [0.3, 0.4) is 0 Å². The van der Waals surface area contributed by atoms with Gasteiger partial charge in [-0.05, 0) is 47.5 Å². The Hall–Kier alpha value is -2.92. The van der Waals surface area contributed by atoms with Gasteiger partial charge in [0, 0.05) is 7.05 Å². The first-order valence-electron chi connectivity index (χ1n) is 8.29. The van der Waals surface area contributed by atoms with E-state index in [0.29, 0.717) is 16.1 Å². The van der Waals surface area contributed by atoms with Crippen LogP contribution in [0.4, 0.5) is 0 Å². The Balaban J connectivity index is 1.87. The predicted octanol–water partition coefficient (Wildman–Crippen LogP) is 4.45. The number of carbonyl (C=O) groups excluding carboxylic acids is 1. The lowest BCUT2D eigenvalue weighted by Gasteiger charge is -2.07. The molecule has 3 aromatic carbocycles. The summed E-state index contributed by atoms with van der Waals surface area (Å²) in [5.74, 6) is 0.239. The number of carbonyl (C=O) groups is 1. The fourth-order valence-corrected chi connectivity index (χ4v) is 4.17. The summed E-state index contributed by atoms with van der Waals surface area (Å²) in [6.45, 7) is 2.06. The Morgan fingerprint density at radius 2 is 1.81 bits per heavy atom. The molecule has 4 aromatic rings. The molecule has 0 N–H and O–H groups in total. The zero-order valence-electron chi connectivity index (χ0n) is 14.8. The second kappa shape index (κ2) is 6.42. The molecule has 0 saturated carbocycles. The van der Waals surface area contributed by atoms with Crippen LogP contribution < -0.4 is 9.54 Å². The number of aryl methyl sites for hydroxylation is 2. The summed E-state index contributed by atoms with van der Waals surface area (Å²) >= 11 is 1.51. The molecule has 0 spiro atoms. The van der Waals surface area contributed by atoms with Crippen molar-refractivity contribution in [1.29, 1.82) is 0 Å². The van der Waals surface area contributed by atoms with Crippen LogP contribution in [0.15, 0.2) is 59.6 Å². The van der Waals surface area contributed by atoms with Crippen molar-refractivity contribution in [3.05, 3.63) is 70.5 Å². The number of ether oxygens (including phenoxy) is 1. The van der Waals surface area contributed by atoms with Gasteiger partial charge < -0.3 is 9.30 Å². The summed E-state index contributed by atoms with van der Waals surface area (Å²) in [7, 11) is 3.50. The Morgan fingerprint density at radius 3 is 2.54 bits per heavy atom.